The summed E-state index contributed by atoms with van der Waals surface area (Å²) >= 11 is 3.57. The molecule has 0 atom stereocenters. The second-order valence-corrected chi connectivity index (χ2v) is 5.57. The van der Waals surface area contributed by atoms with Crippen LogP contribution in [0.3, 0.4) is 0 Å². The van der Waals surface area contributed by atoms with Crippen molar-refractivity contribution in [1.29, 1.82) is 0 Å². The molecule has 0 amide bonds. The molecule has 2 aliphatic rings. The van der Waals surface area contributed by atoms with E-state index in [9.17, 15) is 0 Å². The molecule has 1 saturated carbocycles. The molecule has 14 heavy (non-hydrogen) atoms. The van der Waals surface area contributed by atoms with Gasteiger partial charge in [0.1, 0.15) is 0 Å². The largest absolute Gasteiger partial charge is 0.373 e. The summed E-state index contributed by atoms with van der Waals surface area (Å²) in [4.78, 5) is 2.40. The summed E-state index contributed by atoms with van der Waals surface area (Å²) in [6.07, 6.45) is 4.15. The minimum atomic E-state index is 0.508. The van der Waals surface area contributed by atoms with Gasteiger partial charge in [-0.1, -0.05) is 22.4 Å². The SMILES string of the molecule is CN1CC2(CCC2)c2cc(Br)ccc21. The first-order chi connectivity index (χ1) is 6.71. The van der Waals surface area contributed by atoms with E-state index in [0.717, 1.165) is 0 Å². The van der Waals surface area contributed by atoms with Crippen molar-refractivity contribution in [3.63, 3.8) is 0 Å². The third-order valence-electron chi connectivity index (χ3n) is 3.79. The number of benzene rings is 1. The highest BCUT2D eigenvalue weighted by Gasteiger charge is 2.45. The van der Waals surface area contributed by atoms with Gasteiger partial charge in [-0.05, 0) is 36.6 Å². The molecule has 2 heteroatoms. The van der Waals surface area contributed by atoms with Crippen molar-refractivity contribution in [2.75, 3.05) is 18.5 Å². The lowest BCUT2D eigenvalue weighted by atomic mass is 9.66. The Balaban J connectivity index is 2.16. The zero-order valence-electron chi connectivity index (χ0n) is 8.39. The average Bonchev–Trinajstić information content (AvgIpc) is 2.38. The second-order valence-electron chi connectivity index (χ2n) is 4.65. The van der Waals surface area contributed by atoms with Gasteiger partial charge in [0.2, 0.25) is 0 Å². The van der Waals surface area contributed by atoms with Crippen molar-refractivity contribution in [3.8, 4) is 0 Å². The van der Waals surface area contributed by atoms with Crippen LogP contribution in [0.25, 0.3) is 0 Å². The first kappa shape index (κ1) is 8.78. The minimum absolute atomic E-state index is 0.508. The number of halogens is 1. The van der Waals surface area contributed by atoms with E-state index in [2.05, 4.69) is 46.1 Å². The van der Waals surface area contributed by atoms with Crippen molar-refractivity contribution < 1.29 is 0 Å². The Morgan fingerprint density at radius 2 is 2.14 bits per heavy atom. The van der Waals surface area contributed by atoms with E-state index in [1.54, 1.807) is 5.56 Å². The number of hydrogen-bond donors (Lipinski definition) is 0. The van der Waals surface area contributed by atoms with Crippen LogP contribution >= 0.6 is 15.9 Å². The summed E-state index contributed by atoms with van der Waals surface area (Å²) in [5.74, 6) is 0. The lowest BCUT2D eigenvalue weighted by Gasteiger charge is -2.38. The lowest BCUT2D eigenvalue weighted by Crippen LogP contribution is -2.38. The first-order valence-corrected chi connectivity index (χ1v) is 6.02. The Labute approximate surface area is 93.2 Å². The topological polar surface area (TPSA) is 3.24 Å². The molecule has 1 nitrogen and oxygen atoms in total. The Morgan fingerprint density at radius 1 is 1.36 bits per heavy atom. The highest BCUT2D eigenvalue weighted by atomic mass is 79.9. The van der Waals surface area contributed by atoms with Crippen LogP contribution in [0.1, 0.15) is 24.8 Å². The monoisotopic (exact) mass is 251 g/mol. The predicted octanol–water partition coefficient (Wildman–Crippen LogP) is 3.32. The summed E-state index contributed by atoms with van der Waals surface area (Å²) in [7, 11) is 2.21. The molecule has 0 bridgehead atoms. The molecule has 1 aromatic carbocycles. The number of nitrogens with zero attached hydrogens (tertiary/aromatic N) is 1. The zero-order chi connectivity index (χ0) is 9.76. The molecule has 1 spiro atoms. The quantitative estimate of drug-likeness (QED) is 0.684. The maximum atomic E-state index is 3.57. The van der Waals surface area contributed by atoms with Crippen LogP contribution in [0.15, 0.2) is 22.7 Å². The normalized spacial score (nSPS) is 22.3. The van der Waals surface area contributed by atoms with E-state index < -0.39 is 0 Å². The molecule has 0 unspecified atom stereocenters. The van der Waals surface area contributed by atoms with Crippen LogP contribution in [0.5, 0.6) is 0 Å². The fourth-order valence-electron chi connectivity index (χ4n) is 2.92. The molecule has 1 aromatic rings. The Kier molecular flexibility index (Phi) is 1.73. The molecular weight excluding hydrogens is 238 g/mol. The molecule has 0 aromatic heterocycles. The number of anilines is 1. The maximum absolute atomic E-state index is 3.57. The first-order valence-electron chi connectivity index (χ1n) is 5.22. The highest BCUT2D eigenvalue weighted by molar-refractivity contribution is 9.10. The summed E-state index contributed by atoms with van der Waals surface area (Å²) in [5.41, 5.74) is 3.52. The summed E-state index contributed by atoms with van der Waals surface area (Å²) < 4.78 is 1.22. The van der Waals surface area contributed by atoms with E-state index >= 15 is 0 Å². The summed E-state index contributed by atoms with van der Waals surface area (Å²) in [6, 6.07) is 6.71. The molecule has 0 radical (unpaired) electrons. The van der Waals surface area contributed by atoms with Gasteiger partial charge in [0.05, 0.1) is 0 Å². The molecule has 3 rings (SSSR count). The van der Waals surface area contributed by atoms with Gasteiger partial charge in [-0.3, -0.25) is 0 Å². The minimum Gasteiger partial charge on any atom is -0.373 e. The fourth-order valence-corrected chi connectivity index (χ4v) is 3.28. The average molecular weight is 252 g/mol. The fraction of sp³-hybridized carbons (Fsp3) is 0.500. The smallest absolute Gasteiger partial charge is 0.0403 e. The zero-order valence-corrected chi connectivity index (χ0v) is 9.97. The van der Waals surface area contributed by atoms with Gasteiger partial charge in [-0.25, -0.2) is 0 Å². The summed E-state index contributed by atoms with van der Waals surface area (Å²) in [6.45, 7) is 1.22. The Morgan fingerprint density at radius 3 is 2.79 bits per heavy atom. The molecule has 0 N–H and O–H groups in total. The van der Waals surface area contributed by atoms with Crippen LogP contribution in [0.2, 0.25) is 0 Å². The van der Waals surface area contributed by atoms with Crippen molar-refractivity contribution in [2.45, 2.75) is 24.7 Å². The molecule has 74 valence electrons. The van der Waals surface area contributed by atoms with Gasteiger partial charge in [0, 0.05) is 29.2 Å². The van der Waals surface area contributed by atoms with Gasteiger partial charge < -0.3 is 4.90 Å². The van der Waals surface area contributed by atoms with E-state index in [1.165, 1.54) is 36.0 Å². The molecule has 1 fully saturated rings. The van der Waals surface area contributed by atoms with Gasteiger partial charge in [0.25, 0.3) is 0 Å². The van der Waals surface area contributed by atoms with Gasteiger partial charge in [-0.2, -0.15) is 0 Å². The lowest BCUT2D eigenvalue weighted by molar-refractivity contribution is 0.265. The van der Waals surface area contributed by atoms with Crippen LogP contribution in [0.4, 0.5) is 5.69 Å². The molecule has 0 saturated heterocycles. The van der Waals surface area contributed by atoms with E-state index in [-0.39, 0.29) is 0 Å². The van der Waals surface area contributed by atoms with Crippen molar-refractivity contribution in [1.82, 2.24) is 0 Å². The maximum Gasteiger partial charge on any atom is 0.0403 e. The second kappa shape index (κ2) is 2.75. The number of fused-ring (bicyclic) bond motifs is 2. The van der Waals surface area contributed by atoms with Gasteiger partial charge in [0.15, 0.2) is 0 Å². The third-order valence-corrected chi connectivity index (χ3v) is 4.28. The molecule has 1 heterocycles. The highest BCUT2D eigenvalue weighted by Crippen LogP contribution is 2.52. The third kappa shape index (κ3) is 1.01. The van der Waals surface area contributed by atoms with E-state index in [0.29, 0.717) is 5.41 Å². The van der Waals surface area contributed by atoms with Crippen LogP contribution in [-0.4, -0.2) is 13.6 Å². The Bertz CT molecular complexity index is 382. The Hall–Kier alpha value is -0.500. The summed E-state index contributed by atoms with van der Waals surface area (Å²) in [5, 5.41) is 0. The number of rotatable bonds is 0. The van der Waals surface area contributed by atoms with Crippen LogP contribution in [-0.2, 0) is 5.41 Å². The number of hydrogen-bond acceptors (Lipinski definition) is 1. The predicted molar refractivity (Wildman–Crippen MR) is 62.9 cm³/mol. The van der Waals surface area contributed by atoms with Gasteiger partial charge >= 0.3 is 0 Å². The van der Waals surface area contributed by atoms with Crippen molar-refractivity contribution in [3.05, 3.63) is 28.2 Å². The van der Waals surface area contributed by atoms with E-state index in [4.69, 9.17) is 0 Å². The van der Waals surface area contributed by atoms with Crippen molar-refractivity contribution >= 4 is 21.6 Å². The van der Waals surface area contributed by atoms with E-state index in [1.807, 2.05) is 0 Å². The van der Waals surface area contributed by atoms with Crippen molar-refractivity contribution in [2.24, 2.45) is 0 Å². The van der Waals surface area contributed by atoms with Crippen LogP contribution < -0.4 is 4.90 Å². The van der Waals surface area contributed by atoms with Gasteiger partial charge in [-0.15, -0.1) is 0 Å². The standard InChI is InChI=1S/C12H14BrN/c1-14-8-12(5-2-6-12)10-7-9(13)3-4-11(10)14/h3-4,7H,2,5-6,8H2,1H3. The number of likely N-dealkylation sites (N-methyl/N-ethyl adjacent to an activating group) is 1. The molecule has 1 aliphatic carbocycles. The van der Waals surface area contributed by atoms with Crippen LogP contribution in [0, 0.1) is 0 Å². The molecule has 1 aliphatic heterocycles. The molecular formula is C12H14BrN.